The molecular formula is C17H19BrN4O2. The van der Waals surface area contributed by atoms with Crippen molar-refractivity contribution in [3.63, 3.8) is 0 Å². The van der Waals surface area contributed by atoms with Crippen LogP contribution in [-0.2, 0) is 18.6 Å². The van der Waals surface area contributed by atoms with Crippen LogP contribution in [0.2, 0.25) is 0 Å². The molecule has 1 unspecified atom stereocenters. The molecule has 2 heterocycles. The van der Waals surface area contributed by atoms with Crippen molar-refractivity contribution in [2.24, 2.45) is 0 Å². The van der Waals surface area contributed by atoms with Gasteiger partial charge < -0.3 is 15.7 Å². The molecule has 1 aromatic heterocycles. The van der Waals surface area contributed by atoms with E-state index in [1.807, 2.05) is 16.8 Å². The van der Waals surface area contributed by atoms with Crippen LogP contribution in [0.4, 0.5) is 5.69 Å². The van der Waals surface area contributed by atoms with Gasteiger partial charge in [0.1, 0.15) is 0 Å². The van der Waals surface area contributed by atoms with E-state index in [1.54, 1.807) is 0 Å². The van der Waals surface area contributed by atoms with E-state index in [0.717, 1.165) is 23.0 Å². The van der Waals surface area contributed by atoms with E-state index < -0.39 is 5.97 Å². The molecule has 126 valence electrons. The van der Waals surface area contributed by atoms with Gasteiger partial charge in [0.15, 0.2) is 5.69 Å². The van der Waals surface area contributed by atoms with E-state index in [4.69, 9.17) is 0 Å². The molecule has 0 radical (unpaired) electrons. The van der Waals surface area contributed by atoms with Crippen molar-refractivity contribution in [2.45, 2.75) is 44.4 Å². The number of fused-ring (bicyclic) bond motifs is 1. The predicted molar refractivity (Wildman–Crippen MR) is 94.2 cm³/mol. The first kappa shape index (κ1) is 15.7. The third-order valence-electron chi connectivity index (χ3n) is 4.82. The van der Waals surface area contributed by atoms with Crippen LogP contribution in [0.1, 0.15) is 41.5 Å². The monoisotopic (exact) mass is 390 g/mol. The average Bonchev–Trinajstić information content (AvgIpc) is 3.24. The minimum atomic E-state index is -0.989. The number of halogens is 1. The number of nitrogens with one attached hydrogen (secondary N) is 2. The fourth-order valence-electron chi connectivity index (χ4n) is 3.34. The molecule has 0 amide bonds. The second-order valence-electron chi connectivity index (χ2n) is 6.66. The zero-order valence-electron chi connectivity index (χ0n) is 13.3. The summed E-state index contributed by atoms with van der Waals surface area (Å²) in [6, 6.07) is 8.47. The second-order valence-corrected chi connectivity index (χ2v) is 7.57. The van der Waals surface area contributed by atoms with Crippen LogP contribution < -0.4 is 10.6 Å². The molecular weight excluding hydrogens is 372 g/mol. The minimum absolute atomic E-state index is 0.113. The zero-order chi connectivity index (χ0) is 16.9. The summed E-state index contributed by atoms with van der Waals surface area (Å²) in [6.07, 6.45) is 1.97. The molecule has 3 N–H and O–H groups in total. The normalized spacial score (nSPS) is 21.2. The van der Waals surface area contributed by atoms with E-state index in [0.29, 0.717) is 18.8 Å². The molecule has 1 fully saturated rings. The molecule has 24 heavy (non-hydrogen) atoms. The molecule has 1 aliphatic carbocycles. The summed E-state index contributed by atoms with van der Waals surface area (Å²) in [4.78, 5) is 11.7. The maximum absolute atomic E-state index is 11.7. The molecule has 0 saturated heterocycles. The SMILES string of the molecule is CC1Cn2nc(C(=O)O)c(NC3(c4cccc(Br)c4)CC3)c2CN1. The van der Waals surface area contributed by atoms with Gasteiger partial charge in [-0.05, 0) is 37.5 Å². The molecule has 2 aliphatic rings. The van der Waals surface area contributed by atoms with Crippen LogP contribution in [0.25, 0.3) is 0 Å². The smallest absolute Gasteiger partial charge is 0.358 e. The Balaban J connectivity index is 1.73. The molecule has 0 bridgehead atoms. The zero-order valence-corrected chi connectivity index (χ0v) is 14.9. The summed E-state index contributed by atoms with van der Waals surface area (Å²) < 4.78 is 2.85. The number of hydrogen-bond donors (Lipinski definition) is 3. The third kappa shape index (κ3) is 2.61. The summed E-state index contributed by atoms with van der Waals surface area (Å²) >= 11 is 3.52. The van der Waals surface area contributed by atoms with E-state index in [2.05, 4.69) is 50.7 Å². The lowest BCUT2D eigenvalue weighted by Gasteiger charge is -2.25. The van der Waals surface area contributed by atoms with Crippen molar-refractivity contribution in [1.82, 2.24) is 15.1 Å². The van der Waals surface area contributed by atoms with Crippen molar-refractivity contribution < 1.29 is 9.90 Å². The highest BCUT2D eigenvalue weighted by molar-refractivity contribution is 9.10. The van der Waals surface area contributed by atoms with Gasteiger partial charge in [0.2, 0.25) is 0 Å². The van der Waals surface area contributed by atoms with Gasteiger partial charge in [0.25, 0.3) is 0 Å². The first-order valence-corrected chi connectivity index (χ1v) is 8.88. The van der Waals surface area contributed by atoms with Crippen molar-refractivity contribution in [3.8, 4) is 0 Å². The number of nitrogens with zero attached hydrogens (tertiary/aromatic N) is 2. The van der Waals surface area contributed by atoms with Crippen molar-refractivity contribution >= 4 is 27.6 Å². The fraction of sp³-hybridized carbons (Fsp3) is 0.412. The van der Waals surface area contributed by atoms with E-state index in [9.17, 15) is 9.90 Å². The van der Waals surface area contributed by atoms with Gasteiger partial charge in [-0.1, -0.05) is 28.1 Å². The maximum atomic E-state index is 11.7. The molecule has 1 saturated carbocycles. The lowest BCUT2D eigenvalue weighted by Crippen LogP contribution is -2.37. The van der Waals surface area contributed by atoms with Gasteiger partial charge in [0.05, 0.1) is 23.5 Å². The predicted octanol–water partition coefficient (Wildman–Crippen LogP) is 2.94. The summed E-state index contributed by atoms with van der Waals surface area (Å²) in [5.41, 5.74) is 2.67. The number of carbonyl (C=O) groups is 1. The van der Waals surface area contributed by atoms with E-state index in [1.165, 1.54) is 5.56 Å². The first-order valence-electron chi connectivity index (χ1n) is 8.09. The summed E-state index contributed by atoms with van der Waals surface area (Å²) in [5.74, 6) is -0.989. The van der Waals surface area contributed by atoms with Crippen LogP contribution in [0, 0.1) is 0 Å². The Morgan fingerprint density at radius 3 is 2.96 bits per heavy atom. The summed E-state index contributed by atoms with van der Waals surface area (Å²) in [7, 11) is 0. The molecule has 4 rings (SSSR count). The first-order chi connectivity index (χ1) is 11.5. The van der Waals surface area contributed by atoms with Crippen LogP contribution in [0.15, 0.2) is 28.7 Å². The number of rotatable bonds is 4. The molecule has 1 aromatic carbocycles. The van der Waals surface area contributed by atoms with E-state index >= 15 is 0 Å². The Hall–Kier alpha value is -1.86. The number of anilines is 1. The van der Waals surface area contributed by atoms with Gasteiger partial charge in [-0.15, -0.1) is 0 Å². The van der Waals surface area contributed by atoms with Crippen LogP contribution >= 0.6 is 15.9 Å². The highest BCUT2D eigenvalue weighted by atomic mass is 79.9. The lowest BCUT2D eigenvalue weighted by atomic mass is 10.0. The Morgan fingerprint density at radius 1 is 1.50 bits per heavy atom. The topological polar surface area (TPSA) is 79.2 Å². The van der Waals surface area contributed by atoms with Gasteiger partial charge in [-0.25, -0.2) is 4.79 Å². The average molecular weight is 391 g/mol. The second kappa shape index (κ2) is 5.60. The fourth-order valence-corrected chi connectivity index (χ4v) is 3.74. The Kier molecular flexibility index (Phi) is 3.65. The van der Waals surface area contributed by atoms with Crippen LogP contribution in [0.5, 0.6) is 0 Å². The maximum Gasteiger partial charge on any atom is 0.358 e. The van der Waals surface area contributed by atoms with Crippen LogP contribution in [0.3, 0.4) is 0 Å². The lowest BCUT2D eigenvalue weighted by molar-refractivity contribution is 0.0690. The largest absolute Gasteiger partial charge is 0.476 e. The third-order valence-corrected chi connectivity index (χ3v) is 5.31. The van der Waals surface area contributed by atoms with Gasteiger partial charge in [-0.3, -0.25) is 4.68 Å². The molecule has 7 heteroatoms. The standard InChI is InChI=1S/C17H19BrN4O2/c1-10-9-22-13(8-19-10)14(15(21-22)16(23)24)20-17(5-6-17)11-3-2-4-12(18)7-11/h2-4,7,10,19-20H,5-6,8-9H2,1H3,(H,23,24). The Labute approximate surface area is 148 Å². The van der Waals surface area contributed by atoms with Gasteiger partial charge >= 0.3 is 5.97 Å². The number of carboxylic acids is 1. The molecule has 2 aromatic rings. The molecule has 1 atom stereocenters. The van der Waals surface area contributed by atoms with Crippen molar-refractivity contribution in [3.05, 3.63) is 45.7 Å². The highest BCUT2D eigenvalue weighted by Gasteiger charge is 2.46. The van der Waals surface area contributed by atoms with E-state index in [-0.39, 0.29) is 17.3 Å². The Morgan fingerprint density at radius 2 is 2.29 bits per heavy atom. The summed E-state index contributed by atoms with van der Waals surface area (Å²) in [6.45, 7) is 3.38. The number of benzene rings is 1. The van der Waals surface area contributed by atoms with Crippen molar-refractivity contribution in [1.29, 1.82) is 0 Å². The van der Waals surface area contributed by atoms with Gasteiger partial charge in [-0.2, -0.15) is 5.10 Å². The highest BCUT2D eigenvalue weighted by Crippen LogP contribution is 2.49. The number of carboxylic acid groups (broad SMARTS) is 1. The Bertz CT molecular complexity index is 813. The number of aromatic nitrogens is 2. The number of aromatic carboxylic acids is 1. The quantitative estimate of drug-likeness (QED) is 0.747. The minimum Gasteiger partial charge on any atom is -0.476 e. The number of hydrogen-bond acceptors (Lipinski definition) is 4. The molecule has 0 spiro atoms. The molecule has 1 aliphatic heterocycles. The van der Waals surface area contributed by atoms with Crippen molar-refractivity contribution in [2.75, 3.05) is 5.32 Å². The van der Waals surface area contributed by atoms with Crippen LogP contribution in [-0.4, -0.2) is 26.9 Å². The van der Waals surface area contributed by atoms with Gasteiger partial charge in [0, 0.05) is 17.1 Å². The molecule has 6 nitrogen and oxygen atoms in total. The summed E-state index contributed by atoms with van der Waals surface area (Å²) in [5, 5.41) is 20.8.